The number of carboxylic acid groups (broad SMARTS) is 1. The van der Waals surface area contributed by atoms with Gasteiger partial charge in [-0.1, -0.05) is 19.8 Å². The van der Waals surface area contributed by atoms with Crippen LogP contribution in [0.2, 0.25) is 0 Å². The molecule has 116 valence electrons. The largest absolute Gasteiger partial charge is 0.480 e. The highest BCUT2D eigenvalue weighted by Gasteiger charge is 2.43. The molecular weight excluding hydrogens is 272 g/mol. The second-order valence-corrected chi connectivity index (χ2v) is 5.92. The molecular formula is C15H22N2O4. The summed E-state index contributed by atoms with van der Waals surface area (Å²) in [5.74, 6) is -0.0426. The van der Waals surface area contributed by atoms with Crippen molar-refractivity contribution in [3.8, 4) is 0 Å². The lowest BCUT2D eigenvalue weighted by Gasteiger charge is -2.37. The van der Waals surface area contributed by atoms with Crippen LogP contribution in [0, 0.1) is 5.92 Å². The van der Waals surface area contributed by atoms with E-state index < -0.39 is 17.5 Å². The first kappa shape index (κ1) is 15.4. The first-order chi connectivity index (χ1) is 9.93. The Morgan fingerprint density at radius 1 is 1.52 bits per heavy atom. The molecule has 0 aliphatic heterocycles. The number of carbonyl (C=O) groups excluding carboxylic acids is 1. The van der Waals surface area contributed by atoms with Gasteiger partial charge in [0.1, 0.15) is 11.3 Å². The van der Waals surface area contributed by atoms with Gasteiger partial charge in [0.25, 0.3) is 0 Å². The molecule has 1 saturated carbocycles. The maximum atomic E-state index is 12.1. The van der Waals surface area contributed by atoms with Crippen LogP contribution < -0.4 is 10.6 Å². The second kappa shape index (κ2) is 6.20. The van der Waals surface area contributed by atoms with E-state index in [9.17, 15) is 14.7 Å². The molecule has 2 amide bonds. The normalized spacial score (nSPS) is 26.9. The summed E-state index contributed by atoms with van der Waals surface area (Å²) in [6, 6.07) is 2.72. The Hall–Kier alpha value is -1.98. The van der Waals surface area contributed by atoms with Crippen molar-refractivity contribution in [2.45, 2.75) is 51.1 Å². The van der Waals surface area contributed by atoms with E-state index in [2.05, 4.69) is 10.6 Å². The van der Waals surface area contributed by atoms with Gasteiger partial charge in [0.05, 0.1) is 12.3 Å². The fraction of sp³-hybridized carbons (Fsp3) is 0.600. The summed E-state index contributed by atoms with van der Waals surface area (Å²) >= 11 is 0. The molecule has 1 aliphatic rings. The fourth-order valence-corrected chi connectivity index (χ4v) is 2.97. The number of urea groups is 1. The highest BCUT2D eigenvalue weighted by molar-refractivity contribution is 5.86. The van der Waals surface area contributed by atoms with E-state index in [1.165, 1.54) is 6.26 Å². The number of nitrogens with one attached hydrogen (secondary N) is 2. The minimum absolute atomic E-state index is 0.289. The fourth-order valence-electron chi connectivity index (χ4n) is 2.97. The van der Waals surface area contributed by atoms with Crippen molar-refractivity contribution in [1.29, 1.82) is 0 Å². The molecule has 6 nitrogen and oxygen atoms in total. The minimum Gasteiger partial charge on any atom is -0.480 e. The number of aliphatic carboxylic acids is 1. The first-order valence-electron chi connectivity index (χ1n) is 7.28. The van der Waals surface area contributed by atoms with E-state index in [4.69, 9.17) is 4.42 Å². The molecule has 0 aromatic carbocycles. The molecule has 21 heavy (non-hydrogen) atoms. The van der Waals surface area contributed by atoms with Gasteiger partial charge in [-0.2, -0.15) is 0 Å². The predicted molar refractivity (Wildman–Crippen MR) is 76.8 cm³/mol. The highest BCUT2D eigenvalue weighted by atomic mass is 16.4. The van der Waals surface area contributed by atoms with Gasteiger partial charge < -0.3 is 20.2 Å². The molecule has 0 saturated heterocycles. The third-order valence-electron chi connectivity index (χ3n) is 4.08. The third-order valence-corrected chi connectivity index (χ3v) is 4.08. The van der Waals surface area contributed by atoms with E-state index in [-0.39, 0.29) is 12.0 Å². The molecule has 1 aromatic heterocycles. The maximum Gasteiger partial charge on any atom is 0.329 e. The van der Waals surface area contributed by atoms with Crippen LogP contribution in [0.25, 0.3) is 0 Å². The van der Waals surface area contributed by atoms with Crippen molar-refractivity contribution in [3.63, 3.8) is 0 Å². The van der Waals surface area contributed by atoms with Gasteiger partial charge in [-0.05, 0) is 37.8 Å². The van der Waals surface area contributed by atoms with Gasteiger partial charge in [-0.25, -0.2) is 9.59 Å². The average Bonchev–Trinajstić information content (AvgIpc) is 2.92. The van der Waals surface area contributed by atoms with Crippen LogP contribution in [0.1, 0.15) is 51.3 Å². The summed E-state index contributed by atoms with van der Waals surface area (Å²) in [6.07, 6.45) is 4.27. The zero-order valence-corrected chi connectivity index (χ0v) is 12.4. The van der Waals surface area contributed by atoms with Gasteiger partial charge in [0, 0.05) is 0 Å². The molecule has 0 bridgehead atoms. The van der Waals surface area contributed by atoms with E-state index in [0.717, 1.165) is 12.8 Å². The van der Waals surface area contributed by atoms with Crippen LogP contribution in [0.4, 0.5) is 4.79 Å². The number of carbonyl (C=O) groups is 2. The number of carboxylic acids is 1. The smallest absolute Gasteiger partial charge is 0.329 e. The molecule has 6 heteroatoms. The summed E-state index contributed by atoms with van der Waals surface area (Å²) in [7, 11) is 0. The van der Waals surface area contributed by atoms with Crippen molar-refractivity contribution in [1.82, 2.24) is 10.6 Å². The second-order valence-electron chi connectivity index (χ2n) is 5.92. The van der Waals surface area contributed by atoms with Crippen LogP contribution in [0.5, 0.6) is 0 Å². The van der Waals surface area contributed by atoms with Crippen LogP contribution >= 0.6 is 0 Å². The molecule has 2 rings (SSSR count). The monoisotopic (exact) mass is 294 g/mol. The van der Waals surface area contributed by atoms with Crippen LogP contribution in [0.3, 0.4) is 0 Å². The highest BCUT2D eigenvalue weighted by Crippen LogP contribution is 2.32. The van der Waals surface area contributed by atoms with E-state index in [1.807, 2.05) is 6.92 Å². The van der Waals surface area contributed by atoms with Gasteiger partial charge in [0.15, 0.2) is 0 Å². The van der Waals surface area contributed by atoms with Crippen molar-refractivity contribution >= 4 is 12.0 Å². The molecule has 0 radical (unpaired) electrons. The molecule has 1 heterocycles. The molecule has 1 fully saturated rings. The Balaban J connectivity index is 2.00. The lowest BCUT2D eigenvalue weighted by molar-refractivity contribution is -0.146. The molecule has 3 atom stereocenters. The Labute approximate surface area is 123 Å². The van der Waals surface area contributed by atoms with Crippen molar-refractivity contribution in [2.75, 3.05) is 0 Å². The minimum atomic E-state index is -1.16. The van der Waals surface area contributed by atoms with Crippen LogP contribution in [-0.2, 0) is 4.79 Å². The predicted octanol–water partition coefficient (Wildman–Crippen LogP) is 2.67. The van der Waals surface area contributed by atoms with Gasteiger partial charge in [0.2, 0.25) is 0 Å². The number of hydrogen-bond donors (Lipinski definition) is 3. The average molecular weight is 294 g/mol. The maximum absolute atomic E-state index is 12.1. The zero-order valence-electron chi connectivity index (χ0n) is 12.4. The standard InChI is InChI=1S/C15H22N2O4/c1-10-5-3-7-15(9-10,13(18)19)17-14(20)16-11(2)12-6-4-8-21-12/h4,6,8,10-11H,3,5,7,9H2,1-2H3,(H,18,19)(H2,16,17,20). The summed E-state index contributed by atoms with van der Waals surface area (Å²) in [5.41, 5.74) is -1.16. The number of amides is 2. The third kappa shape index (κ3) is 3.56. The SMILES string of the molecule is CC1CCCC(NC(=O)NC(C)c2ccco2)(C(=O)O)C1. The van der Waals surface area contributed by atoms with E-state index in [1.54, 1.807) is 19.1 Å². The topological polar surface area (TPSA) is 91.6 Å². The Kier molecular flexibility index (Phi) is 4.55. The summed E-state index contributed by atoms with van der Waals surface area (Å²) in [6.45, 7) is 3.80. The van der Waals surface area contributed by atoms with Crippen molar-refractivity contribution in [2.24, 2.45) is 5.92 Å². The summed E-state index contributed by atoms with van der Waals surface area (Å²) in [4.78, 5) is 23.7. The van der Waals surface area contributed by atoms with Gasteiger partial charge >= 0.3 is 12.0 Å². The van der Waals surface area contributed by atoms with Crippen molar-refractivity contribution < 1.29 is 19.1 Å². The summed E-state index contributed by atoms with van der Waals surface area (Å²) < 4.78 is 5.22. The number of rotatable bonds is 4. The van der Waals surface area contributed by atoms with Crippen LogP contribution in [-0.4, -0.2) is 22.6 Å². The lowest BCUT2D eigenvalue weighted by atomic mass is 9.76. The Morgan fingerprint density at radius 3 is 2.86 bits per heavy atom. The quantitative estimate of drug-likeness (QED) is 0.796. The van der Waals surface area contributed by atoms with E-state index in [0.29, 0.717) is 18.6 Å². The van der Waals surface area contributed by atoms with E-state index >= 15 is 0 Å². The molecule has 3 N–H and O–H groups in total. The number of hydrogen-bond acceptors (Lipinski definition) is 3. The molecule has 3 unspecified atom stereocenters. The van der Waals surface area contributed by atoms with Gasteiger partial charge in [-0.15, -0.1) is 0 Å². The van der Waals surface area contributed by atoms with Gasteiger partial charge in [-0.3, -0.25) is 0 Å². The van der Waals surface area contributed by atoms with Crippen molar-refractivity contribution in [3.05, 3.63) is 24.2 Å². The molecule has 1 aromatic rings. The first-order valence-corrected chi connectivity index (χ1v) is 7.28. The van der Waals surface area contributed by atoms with Crippen LogP contribution in [0.15, 0.2) is 22.8 Å². The Morgan fingerprint density at radius 2 is 2.29 bits per heavy atom. The Bertz CT molecular complexity index is 500. The zero-order chi connectivity index (χ0) is 15.5. The lowest BCUT2D eigenvalue weighted by Crippen LogP contribution is -2.59. The molecule has 0 spiro atoms. The molecule has 1 aliphatic carbocycles. The summed E-state index contributed by atoms with van der Waals surface area (Å²) in [5, 5.41) is 14.9. The number of furan rings is 1.